The maximum Gasteiger partial charge on any atom is 0.232 e. The van der Waals surface area contributed by atoms with Gasteiger partial charge in [-0.25, -0.2) is 8.42 Å². The molecular formula is C10H14N2O2S2. The molecule has 0 spiro atoms. The summed E-state index contributed by atoms with van der Waals surface area (Å²) >= 11 is 4.85. The molecule has 0 saturated heterocycles. The number of nitrogens with two attached hydrogens (primary N) is 1. The lowest BCUT2D eigenvalue weighted by molar-refractivity contribution is 0.600. The number of hydrogen-bond acceptors (Lipinski definition) is 3. The van der Waals surface area contributed by atoms with E-state index in [2.05, 4.69) is 4.72 Å². The monoisotopic (exact) mass is 258 g/mol. The molecule has 0 atom stereocenters. The summed E-state index contributed by atoms with van der Waals surface area (Å²) in [6.07, 6.45) is 0.560. The Hall–Kier alpha value is -1.14. The molecule has 0 saturated carbocycles. The first-order valence-corrected chi connectivity index (χ1v) is 6.91. The number of thiocarbonyl (C=S) groups is 1. The molecule has 0 unspecified atom stereocenters. The Morgan fingerprint density at radius 3 is 2.62 bits per heavy atom. The van der Waals surface area contributed by atoms with Gasteiger partial charge in [-0.15, -0.1) is 0 Å². The minimum Gasteiger partial charge on any atom is -0.389 e. The second-order valence-corrected chi connectivity index (χ2v) is 5.61. The van der Waals surface area contributed by atoms with Crippen LogP contribution in [-0.2, 0) is 10.0 Å². The molecule has 4 nitrogen and oxygen atoms in total. The quantitative estimate of drug-likeness (QED) is 0.785. The van der Waals surface area contributed by atoms with Crippen molar-refractivity contribution in [2.45, 2.75) is 13.3 Å². The first kappa shape index (κ1) is 12.9. The van der Waals surface area contributed by atoms with Crippen LogP contribution in [0.15, 0.2) is 24.3 Å². The Morgan fingerprint density at radius 1 is 1.44 bits per heavy atom. The van der Waals surface area contributed by atoms with E-state index in [1.165, 1.54) is 0 Å². The molecule has 1 rings (SSSR count). The Morgan fingerprint density at radius 2 is 2.06 bits per heavy atom. The molecule has 0 aliphatic rings. The van der Waals surface area contributed by atoms with Crippen LogP contribution >= 0.6 is 12.2 Å². The molecular weight excluding hydrogens is 244 g/mol. The van der Waals surface area contributed by atoms with E-state index in [-0.39, 0.29) is 10.7 Å². The zero-order chi connectivity index (χ0) is 12.2. The Labute approximate surface area is 101 Å². The van der Waals surface area contributed by atoms with Crippen LogP contribution in [-0.4, -0.2) is 19.2 Å². The molecule has 3 N–H and O–H groups in total. The van der Waals surface area contributed by atoms with E-state index in [1.54, 1.807) is 31.2 Å². The van der Waals surface area contributed by atoms with E-state index in [9.17, 15) is 8.42 Å². The predicted octanol–water partition coefficient (Wildman–Crippen LogP) is 1.47. The molecule has 0 aliphatic heterocycles. The second kappa shape index (κ2) is 5.27. The van der Waals surface area contributed by atoms with Crippen LogP contribution < -0.4 is 10.5 Å². The molecule has 88 valence electrons. The number of benzene rings is 1. The number of rotatable bonds is 5. The fourth-order valence-corrected chi connectivity index (χ4v) is 2.60. The second-order valence-electron chi connectivity index (χ2n) is 3.33. The van der Waals surface area contributed by atoms with E-state index in [4.69, 9.17) is 18.0 Å². The van der Waals surface area contributed by atoms with Crippen molar-refractivity contribution in [3.63, 3.8) is 0 Å². The average molecular weight is 258 g/mol. The normalized spacial score (nSPS) is 11.1. The Kier molecular flexibility index (Phi) is 4.26. The smallest absolute Gasteiger partial charge is 0.232 e. The molecule has 0 aliphatic carbocycles. The molecule has 0 bridgehead atoms. The van der Waals surface area contributed by atoms with Crippen LogP contribution in [0.1, 0.15) is 18.9 Å². The molecule has 0 fully saturated rings. The number of hydrogen-bond donors (Lipinski definition) is 2. The summed E-state index contributed by atoms with van der Waals surface area (Å²) in [4.78, 5) is 0.176. The van der Waals surface area contributed by atoms with E-state index in [1.807, 2.05) is 0 Å². The molecule has 0 radical (unpaired) electrons. The minimum absolute atomic E-state index is 0.0820. The number of nitrogens with one attached hydrogen (secondary N) is 1. The van der Waals surface area contributed by atoms with E-state index >= 15 is 0 Å². The average Bonchev–Trinajstić information content (AvgIpc) is 2.17. The highest BCUT2D eigenvalue weighted by molar-refractivity contribution is 7.92. The van der Waals surface area contributed by atoms with Gasteiger partial charge < -0.3 is 5.73 Å². The van der Waals surface area contributed by atoms with Crippen LogP contribution in [0.5, 0.6) is 0 Å². The SMILES string of the molecule is CCCS(=O)(=O)Nc1ccccc1C(N)=S. The van der Waals surface area contributed by atoms with Crippen LogP contribution in [0, 0.1) is 0 Å². The molecule has 0 aromatic heterocycles. The maximum absolute atomic E-state index is 11.6. The lowest BCUT2D eigenvalue weighted by Crippen LogP contribution is -2.19. The first-order valence-electron chi connectivity index (χ1n) is 4.85. The van der Waals surface area contributed by atoms with E-state index < -0.39 is 10.0 Å². The summed E-state index contributed by atoms with van der Waals surface area (Å²) in [5.74, 6) is 0.0820. The predicted molar refractivity (Wildman–Crippen MR) is 70.0 cm³/mol. The van der Waals surface area contributed by atoms with Gasteiger partial charge in [-0.05, 0) is 18.6 Å². The zero-order valence-electron chi connectivity index (χ0n) is 8.93. The molecule has 1 aromatic carbocycles. The van der Waals surface area contributed by atoms with Gasteiger partial charge in [0.2, 0.25) is 10.0 Å². The lowest BCUT2D eigenvalue weighted by atomic mass is 10.2. The van der Waals surface area contributed by atoms with Crippen molar-refractivity contribution < 1.29 is 8.42 Å². The Balaban J connectivity index is 3.02. The summed E-state index contributed by atoms with van der Waals surface area (Å²) in [7, 11) is -3.31. The van der Waals surface area contributed by atoms with Crippen molar-refractivity contribution in [2.75, 3.05) is 10.5 Å². The molecule has 1 aromatic rings. The maximum atomic E-state index is 11.6. The van der Waals surface area contributed by atoms with Gasteiger partial charge >= 0.3 is 0 Å². The highest BCUT2D eigenvalue weighted by Gasteiger charge is 2.12. The lowest BCUT2D eigenvalue weighted by Gasteiger charge is -2.10. The summed E-state index contributed by atoms with van der Waals surface area (Å²) in [6, 6.07) is 6.81. The summed E-state index contributed by atoms with van der Waals surface area (Å²) in [5.41, 5.74) is 6.48. The number of para-hydroxylation sites is 1. The molecule has 6 heteroatoms. The highest BCUT2D eigenvalue weighted by atomic mass is 32.2. The number of anilines is 1. The van der Waals surface area contributed by atoms with Crippen molar-refractivity contribution >= 4 is 32.9 Å². The van der Waals surface area contributed by atoms with Crippen molar-refractivity contribution in [2.24, 2.45) is 5.73 Å². The van der Waals surface area contributed by atoms with Gasteiger partial charge in [0, 0.05) is 5.56 Å². The Bertz CT molecular complexity index is 483. The largest absolute Gasteiger partial charge is 0.389 e. The third-order valence-corrected chi connectivity index (χ3v) is 3.63. The third-order valence-electron chi connectivity index (χ3n) is 1.93. The molecule has 0 heterocycles. The summed E-state index contributed by atoms with van der Waals surface area (Å²) in [5, 5.41) is 0. The van der Waals surface area contributed by atoms with Gasteiger partial charge in [-0.3, -0.25) is 4.72 Å². The van der Waals surface area contributed by atoms with Crippen molar-refractivity contribution in [3.05, 3.63) is 29.8 Å². The third kappa shape index (κ3) is 3.46. The van der Waals surface area contributed by atoms with Crippen LogP contribution in [0.3, 0.4) is 0 Å². The van der Waals surface area contributed by atoms with E-state index in [0.29, 0.717) is 17.7 Å². The highest BCUT2D eigenvalue weighted by Crippen LogP contribution is 2.16. The topological polar surface area (TPSA) is 72.2 Å². The molecule has 0 amide bonds. The standard InChI is InChI=1S/C10H14N2O2S2/c1-2-7-16(13,14)12-9-6-4-3-5-8(9)10(11)15/h3-6,12H,2,7H2,1H3,(H2,11,15). The number of sulfonamides is 1. The van der Waals surface area contributed by atoms with Crippen LogP contribution in [0.2, 0.25) is 0 Å². The summed E-state index contributed by atoms with van der Waals surface area (Å²) < 4.78 is 25.6. The van der Waals surface area contributed by atoms with E-state index in [0.717, 1.165) is 0 Å². The van der Waals surface area contributed by atoms with Gasteiger partial charge in [0.05, 0.1) is 11.4 Å². The first-order chi connectivity index (χ1) is 7.46. The van der Waals surface area contributed by atoms with Gasteiger partial charge in [0.1, 0.15) is 4.99 Å². The van der Waals surface area contributed by atoms with Crippen molar-refractivity contribution in [3.8, 4) is 0 Å². The van der Waals surface area contributed by atoms with Crippen LogP contribution in [0.4, 0.5) is 5.69 Å². The molecule has 16 heavy (non-hydrogen) atoms. The van der Waals surface area contributed by atoms with Gasteiger partial charge in [-0.1, -0.05) is 31.3 Å². The van der Waals surface area contributed by atoms with Gasteiger partial charge in [-0.2, -0.15) is 0 Å². The summed E-state index contributed by atoms with van der Waals surface area (Å²) in [6.45, 7) is 1.80. The minimum atomic E-state index is -3.31. The van der Waals surface area contributed by atoms with Gasteiger partial charge in [0.25, 0.3) is 0 Å². The van der Waals surface area contributed by atoms with Gasteiger partial charge in [0.15, 0.2) is 0 Å². The van der Waals surface area contributed by atoms with Crippen LogP contribution in [0.25, 0.3) is 0 Å². The fraction of sp³-hybridized carbons (Fsp3) is 0.300. The van der Waals surface area contributed by atoms with Crippen molar-refractivity contribution in [1.82, 2.24) is 0 Å². The zero-order valence-corrected chi connectivity index (χ0v) is 10.6. The fourth-order valence-electron chi connectivity index (χ4n) is 1.27. The van der Waals surface area contributed by atoms with Crippen molar-refractivity contribution in [1.29, 1.82) is 0 Å².